The fourth-order valence-electron chi connectivity index (χ4n) is 1.39. The Morgan fingerprint density at radius 2 is 2.36 bits per heavy atom. The van der Waals surface area contributed by atoms with E-state index in [0.29, 0.717) is 5.92 Å². The highest BCUT2D eigenvalue weighted by molar-refractivity contribution is 5.02. The summed E-state index contributed by atoms with van der Waals surface area (Å²) < 4.78 is 0. The lowest BCUT2D eigenvalue weighted by atomic mass is 10.1. The molecule has 0 spiro atoms. The second kappa shape index (κ2) is 5.83. The van der Waals surface area contributed by atoms with Crippen LogP contribution in [0.25, 0.3) is 0 Å². The SMILES string of the molecule is CC(CN)CCN(C)Cc1ccc[nH]1. The maximum atomic E-state index is 5.57. The van der Waals surface area contributed by atoms with Gasteiger partial charge in [-0.1, -0.05) is 6.92 Å². The molecule has 1 aromatic rings. The van der Waals surface area contributed by atoms with Crippen molar-refractivity contribution in [2.45, 2.75) is 19.9 Å². The van der Waals surface area contributed by atoms with E-state index in [4.69, 9.17) is 5.73 Å². The molecule has 0 aliphatic heterocycles. The van der Waals surface area contributed by atoms with Crippen LogP contribution in [0.5, 0.6) is 0 Å². The molecule has 0 fully saturated rings. The summed E-state index contributed by atoms with van der Waals surface area (Å²) in [5, 5.41) is 0. The van der Waals surface area contributed by atoms with Crippen LogP contribution in [-0.2, 0) is 6.54 Å². The van der Waals surface area contributed by atoms with Crippen LogP contribution >= 0.6 is 0 Å². The molecule has 3 N–H and O–H groups in total. The van der Waals surface area contributed by atoms with Crippen LogP contribution in [0.4, 0.5) is 0 Å². The molecular weight excluding hydrogens is 174 g/mol. The summed E-state index contributed by atoms with van der Waals surface area (Å²) in [7, 11) is 2.14. The third-order valence-electron chi connectivity index (χ3n) is 2.51. The Hall–Kier alpha value is -0.800. The van der Waals surface area contributed by atoms with E-state index in [1.807, 2.05) is 12.3 Å². The van der Waals surface area contributed by atoms with Gasteiger partial charge in [-0.05, 0) is 44.6 Å². The number of aromatic nitrogens is 1. The first kappa shape index (κ1) is 11.3. The van der Waals surface area contributed by atoms with Gasteiger partial charge in [-0.3, -0.25) is 0 Å². The third kappa shape index (κ3) is 3.94. The van der Waals surface area contributed by atoms with Crippen molar-refractivity contribution in [1.29, 1.82) is 0 Å². The molecule has 1 aromatic heterocycles. The highest BCUT2D eigenvalue weighted by Gasteiger charge is 2.03. The zero-order valence-corrected chi connectivity index (χ0v) is 9.16. The summed E-state index contributed by atoms with van der Waals surface area (Å²) in [6.07, 6.45) is 3.14. The average Bonchev–Trinajstić information content (AvgIpc) is 2.66. The summed E-state index contributed by atoms with van der Waals surface area (Å²) in [6.45, 7) is 5.08. The molecule has 0 saturated carbocycles. The number of nitrogens with two attached hydrogens (primary N) is 1. The van der Waals surface area contributed by atoms with Crippen LogP contribution in [0.2, 0.25) is 0 Å². The van der Waals surface area contributed by atoms with Crippen molar-refractivity contribution in [2.75, 3.05) is 20.1 Å². The topological polar surface area (TPSA) is 45.0 Å². The lowest BCUT2D eigenvalue weighted by Crippen LogP contribution is -2.23. The standard InChI is InChI=1S/C11H21N3/c1-10(8-12)5-7-14(2)9-11-4-3-6-13-11/h3-4,6,10,13H,5,7-9,12H2,1-2H3. The van der Waals surface area contributed by atoms with E-state index >= 15 is 0 Å². The number of nitrogens with zero attached hydrogens (tertiary/aromatic N) is 1. The van der Waals surface area contributed by atoms with Gasteiger partial charge in [0.05, 0.1) is 0 Å². The largest absolute Gasteiger partial charge is 0.364 e. The van der Waals surface area contributed by atoms with Crippen molar-refractivity contribution in [1.82, 2.24) is 9.88 Å². The zero-order chi connectivity index (χ0) is 10.4. The van der Waals surface area contributed by atoms with E-state index in [1.54, 1.807) is 0 Å². The van der Waals surface area contributed by atoms with Crippen molar-refractivity contribution in [3.63, 3.8) is 0 Å². The number of aromatic amines is 1. The molecule has 3 nitrogen and oxygen atoms in total. The number of rotatable bonds is 6. The minimum atomic E-state index is 0.626. The maximum Gasteiger partial charge on any atom is 0.0382 e. The van der Waals surface area contributed by atoms with Crippen LogP contribution in [-0.4, -0.2) is 30.0 Å². The van der Waals surface area contributed by atoms with Gasteiger partial charge in [0.1, 0.15) is 0 Å². The van der Waals surface area contributed by atoms with E-state index in [-0.39, 0.29) is 0 Å². The Labute approximate surface area is 86.3 Å². The van der Waals surface area contributed by atoms with Crippen LogP contribution in [0.3, 0.4) is 0 Å². The van der Waals surface area contributed by atoms with Gasteiger partial charge in [0, 0.05) is 18.4 Å². The van der Waals surface area contributed by atoms with Crippen LogP contribution in [0.15, 0.2) is 18.3 Å². The van der Waals surface area contributed by atoms with E-state index < -0.39 is 0 Å². The summed E-state index contributed by atoms with van der Waals surface area (Å²) in [5.41, 5.74) is 6.84. The molecule has 0 aromatic carbocycles. The molecule has 0 saturated heterocycles. The van der Waals surface area contributed by atoms with Gasteiger partial charge in [-0.2, -0.15) is 0 Å². The van der Waals surface area contributed by atoms with Crippen LogP contribution in [0, 0.1) is 5.92 Å². The van der Waals surface area contributed by atoms with Gasteiger partial charge in [0.25, 0.3) is 0 Å². The Bertz CT molecular complexity index is 231. The molecule has 1 atom stereocenters. The monoisotopic (exact) mass is 195 g/mol. The van der Waals surface area contributed by atoms with Gasteiger partial charge in [-0.25, -0.2) is 0 Å². The van der Waals surface area contributed by atoms with E-state index in [1.165, 1.54) is 12.1 Å². The third-order valence-corrected chi connectivity index (χ3v) is 2.51. The molecule has 1 unspecified atom stereocenters. The molecule has 0 bridgehead atoms. The first-order valence-corrected chi connectivity index (χ1v) is 5.23. The highest BCUT2D eigenvalue weighted by Crippen LogP contribution is 2.04. The minimum Gasteiger partial charge on any atom is -0.364 e. The number of hydrogen-bond donors (Lipinski definition) is 2. The second-order valence-electron chi connectivity index (χ2n) is 4.06. The van der Waals surface area contributed by atoms with E-state index in [2.05, 4.69) is 29.9 Å². The Kier molecular flexibility index (Phi) is 4.70. The van der Waals surface area contributed by atoms with Gasteiger partial charge in [-0.15, -0.1) is 0 Å². The molecule has 1 heterocycles. The first-order chi connectivity index (χ1) is 6.72. The number of nitrogens with one attached hydrogen (secondary N) is 1. The van der Waals surface area contributed by atoms with Crippen molar-refractivity contribution in [3.8, 4) is 0 Å². The molecule has 0 aliphatic carbocycles. The van der Waals surface area contributed by atoms with Crippen molar-refractivity contribution < 1.29 is 0 Å². The lowest BCUT2D eigenvalue weighted by molar-refractivity contribution is 0.297. The predicted molar refractivity (Wildman–Crippen MR) is 60.0 cm³/mol. The molecule has 0 amide bonds. The first-order valence-electron chi connectivity index (χ1n) is 5.23. The zero-order valence-electron chi connectivity index (χ0n) is 9.16. The lowest BCUT2D eigenvalue weighted by Gasteiger charge is -2.17. The predicted octanol–water partition coefficient (Wildman–Crippen LogP) is 1.43. The summed E-state index contributed by atoms with van der Waals surface area (Å²) in [6, 6.07) is 4.15. The van der Waals surface area contributed by atoms with Crippen molar-refractivity contribution >= 4 is 0 Å². The summed E-state index contributed by atoms with van der Waals surface area (Å²) in [5.74, 6) is 0.626. The average molecular weight is 195 g/mol. The number of H-pyrrole nitrogens is 1. The number of hydrogen-bond acceptors (Lipinski definition) is 2. The van der Waals surface area contributed by atoms with Gasteiger partial charge >= 0.3 is 0 Å². The fraction of sp³-hybridized carbons (Fsp3) is 0.636. The van der Waals surface area contributed by atoms with E-state index in [9.17, 15) is 0 Å². The smallest absolute Gasteiger partial charge is 0.0382 e. The van der Waals surface area contributed by atoms with Gasteiger partial charge in [0.2, 0.25) is 0 Å². The van der Waals surface area contributed by atoms with Crippen LogP contribution < -0.4 is 5.73 Å². The van der Waals surface area contributed by atoms with Crippen molar-refractivity contribution in [3.05, 3.63) is 24.0 Å². The molecule has 0 radical (unpaired) electrons. The molecule has 1 rings (SSSR count). The Morgan fingerprint density at radius 3 is 2.93 bits per heavy atom. The summed E-state index contributed by atoms with van der Waals surface area (Å²) >= 11 is 0. The highest BCUT2D eigenvalue weighted by atomic mass is 15.1. The maximum absolute atomic E-state index is 5.57. The van der Waals surface area contributed by atoms with Crippen LogP contribution in [0.1, 0.15) is 19.0 Å². The summed E-state index contributed by atoms with van der Waals surface area (Å²) in [4.78, 5) is 5.52. The molecule has 80 valence electrons. The molecule has 0 aliphatic rings. The normalized spacial score (nSPS) is 13.4. The second-order valence-corrected chi connectivity index (χ2v) is 4.06. The van der Waals surface area contributed by atoms with E-state index in [0.717, 1.165) is 19.6 Å². The van der Waals surface area contributed by atoms with Gasteiger partial charge in [0.15, 0.2) is 0 Å². The quantitative estimate of drug-likeness (QED) is 0.721. The molecule has 14 heavy (non-hydrogen) atoms. The molecular formula is C11H21N3. The van der Waals surface area contributed by atoms with Crippen molar-refractivity contribution in [2.24, 2.45) is 11.7 Å². The fourth-order valence-corrected chi connectivity index (χ4v) is 1.39. The van der Waals surface area contributed by atoms with Gasteiger partial charge < -0.3 is 15.6 Å². The Balaban J connectivity index is 2.19. The minimum absolute atomic E-state index is 0.626. The Morgan fingerprint density at radius 1 is 1.57 bits per heavy atom. The molecule has 3 heteroatoms.